The largest absolute Gasteiger partial charge is 0.507 e. The number of hydrogen-bond donors (Lipinski definition) is 1. The summed E-state index contributed by atoms with van der Waals surface area (Å²) in [7, 11) is 0. The van der Waals surface area contributed by atoms with E-state index in [-0.39, 0.29) is 29.6 Å². The Balaban J connectivity index is 0.00000196. The second-order valence-corrected chi connectivity index (χ2v) is 4.54. The van der Waals surface area contributed by atoms with Gasteiger partial charge >= 0.3 is 0 Å². The van der Waals surface area contributed by atoms with Gasteiger partial charge in [-0.2, -0.15) is 0 Å². The quantitative estimate of drug-likeness (QED) is 0.748. The van der Waals surface area contributed by atoms with Gasteiger partial charge in [0, 0.05) is 29.6 Å². The van der Waals surface area contributed by atoms with Crippen LogP contribution in [0.3, 0.4) is 0 Å². The second-order valence-electron chi connectivity index (χ2n) is 4.54. The summed E-state index contributed by atoms with van der Waals surface area (Å²) in [6.45, 7) is 10.5. The molecule has 1 rings (SSSR count). The maximum Gasteiger partial charge on any atom is 0.122 e. The van der Waals surface area contributed by atoms with Crippen LogP contribution in [0.25, 0.3) is 0 Å². The van der Waals surface area contributed by atoms with Gasteiger partial charge in [0.15, 0.2) is 0 Å². The predicted octanol–water partition coefficient (Wildman–Crippen LogP) is 3.57. The molecule has 1 N–H and O–H groups in total. The van der Waals surface area contributed by atoms with E-state index in [2.05, 4.69) is 40.7 Å². The maximum absolute atomic E-state index is 10.1. The zero-order valence-corrected chi connectivity index (χ0v) is 12.8. The summed E-state index contributed by atoms with van der Waals surface area (Å²) in [6.07, 6.45) is 0. The molecule has 1 nitrogen and oxygen atoms in total. The molecule has 0 fully saturated rings. The number of phenols is 1. The fraction of sp³-hybridized carbons (Fsp3) is 0.538. The van der Waals surface area contributed by atoms with E-state index in [1.54, 1.807) is 0 Å². The van der Waals surface area contributed by atoms with E-state index in [9.17, 15) is 5.11 Å². The second kappa shape index (κ2) is 5.93. The molecule has 0 saturated carbocycles. The van der Waals surface area contributed by atoms with Crippen LogP contribution in [0.15, 0.2) is 12.1 Å². The van der Waals surface area contributed by atoms with Gasteiger partial charge in [0.2, 0.25) is 0 Å². The summed E-state index contributed by atoms with van der Waals surface area (Å²) in [5, 5.41) is 10.1. The van der Waals surface area contributed by atoms with Crippen LogP contribution < -0.4 is 0 Å². The first-order chi connectivity index (χ1) is 6.45. The molecule has 0 saturated heterocycles. The monoisotopic (exact) mass is 215 g/mol. The molecule has 0 aliphatic carbocycles. The van der Waals surface area contributed by atoms with Gasteiger partial charge < -0.3 is 5.11 Å². The van der Waals surface area contributed by atoms with Crippen molar-refractivity contribution < 1.29 is 5.11 Å². The van der Waals surface area contributed by atoms with Crippen molar-refractivity contribution in [2.45, 2.75) is 46.5 Å². The third kappa shape index (κ3) is 3.24. The van der Waals surface area contributed by atoms with Gasteiger partial charge in [0.05, 0.1) is 0 Å². The summed E-state index contributed by atoms with van der Waals surface area (Å²) in [4.78, 5) is 0. The van der Waals surface area contributed by atoms with E-state index < -0.39 is 0 Å². The zero-order valence-electron chi connectivity index (χ0n) is 10.8. The first-order valence-electron chi connectivity index (χ1n) is 5.27. The summed E-state index contributed by atoms with van der Waals surface area (Å²) in [6, 6.07) is 4.13. The molecule has 0 aliphatic heterocycles. The number of aromatic hydroxyl groups is 1. The minimum absolute atomic E-state index is 0. The smallest absolute Gasteiger partial charge is 0.122 e. The molecule has 1 aromatic carbocycles. The molecule has 0 amide bonds. The van der Waals surface area contributed by atoms with Crippen molar-refractivity contribution in [3.8, 4) is 5.75 Å². The fourth-order valence-corrected chi connectivity index (χ4v) is 1.92. The first kappa shape index (κ1) is 15.0. The van der Waals surface area contributed by atoms with Crippen LogP contribution in [0.1, 0.15) is 56.2 Å². The van der Waals surface area contributed by atoms with Crippen LogP contribution in [-0.4, -0.2) is 34.7 Å². The van der Waals surface area contributed by atoms with E-state index >= 15 is 0 Å². The molecule has 0 bridgehead atoms. The van der Waals surface area contributed by atoms with Gasteiger partial charge in [-0.15, -0.1) is 0 Å². The molecule has 0 heterocycles. The van der Waals surface area contributed by atoms with Crippen molar-refractivity contribution in [3.63, 3.8) is 0 Å². The standard InChI is InChI=1S/C13H20O.Na/c1-8(2)11-7-6-10(5)12(9(3)4)13(11)14;/h6-9,14H,1-5H3;. The van der Waals surface area contributed by atoms with Crippen molar-refractivity contribution in [1.29, 1.82) is 0 Å². The average Bonchev–Trinajstić information content (AvgIpc) is 2.02. The van der Waals surface area contributed by atoms with Gasteiger partial charge in [-0.05, 0) is 35.4 Å². The van der Waals surface area contributed by atoms with E-state index in [1.165, 1.54) is 5.56 Å². The molecule has 1 aromatic rings. The van der Waals surface area contributed by atoms with Crippen LogP contribution in [0, 0.1) is 6.92 Å². The normalized spacial score (nSPS) is 10.6. The number of rotatable bonds is 2. The number of phenolic OH excluding ortho intramolecular Hbond substituents is 1. The molecule has 0 unspecified atom stereocenters. The summed E-state index contributed by atoms with van der Waals surface area (Å²) < 4.78 is 0. The van der Waals surface area contributed by atoms with Gasteiger partial charge in [-0.25, -0.2) is 0 Å². The molecule has 0 aliphatic rings. The minimum Gasteiger partial charge on any atom is -0.507 e. The molecule has 0 atom stereocenters. The van der Waals surface area contributed by atoms with Crippen molar-refractivity contribution in [3.05, 3.63) is 28.8 Å². The maximum atomic E-state index is 10.1. The summed E-state index contributed by atoms with van der Waals surface area (Å²) in [5.74, 6) is 1.26. The molecule has 0 aromatic heterocycles. The van der Waals surface area contributed by atoms with Crippen LogP contribution >= 0.6 is 0 Å². The molecule has 79 valence electrons. The Kier molecular flexibility index (Phi) is 5.94. The number of benzene rings is 1. The summed E-state index contributed by atoms with van der Waals surface area (Å²) >= 11 is 0. The van der Waals surface area contributed by atoms with E-state index in [1.807, 2.05) is 6.07 Å². The fourth-order valence-electron chi connectivity index (χ4n) is 1.92. The van der Waals surface area contributed by atoms with Crippen LogP contribution in [-0.2, 0) is 0 Å². The van der Waals surface area contributed by atoms with Crippen LogP contribution in [0.5, 0.6) is 5.75 Å². The van der Waals surface area contributed by atoms with Gasteiger partial charge in [-0.1, -0.05) is 39.8 Å². The van der Waals surface area contributed by atoms with Gasteiger partial charge in [0.25, 0.3) is 0 Å². The Labute approximate surface area is 115 Å². The molecule has 15 heavy (non-hydrogen) atoms. The average molecular weight is 215 g/mol. The van der Waals surface area contributed by atoms with E-state index in [0.717, 1.165) is 11.1 Å². The van der Waals surface area contributed by atoms with Gasteiger partial charge in [0.1, 0.15) is 5.75 Å². The first-order valence-corrected chi connectivity index (χ1v) is 5.27. The van der Waals surface area contributed by atoms with Crippen molar-refractivity contribution in [2.24, 2.45) is 0 Å². The Morgan fingerprint density at radius 2 is 1.53 bits per heavy atom. The third-order valence-electron chi connectivity index (χ3n) is 2.67. The molecular formula is C13H20NaO. The van der Waals surface area contributed by atoms with Crippen LogP contribution in [0.2, 0.25) is 0 Å². The van der Waals surface area contributed by atoms with Crippen molar-refractivity contribution in [2.75, 3.05) is 0 Å². The Morgan fingerprint density at radius 3 is 1.93 bits per heavy atom. The van der Waals surface area contributed by atoms with E-state index in [0.29, 0.717) is 17.6 Å². The molecule has 2 heteroatoms. The molecular weight excluding hydrogens is 195 g/mol. The van der Waals surface area contributed by atoms with Gasteiger partial charge in [-0.3, -0.25) is 0 Å². The Morgan fingerprint density at radius 1 is 1.00 bits per heavy atom. The molecule has 1 radical (unpaired) electrons. The van der Waals surface area contributed by atoms with E-state index in [4.69, 9.17) is 0 Å². The summed E-state index contributed by atoms with van der Waals surface area (Å²) in [5.41, 5.74) is 3.33. The SMILES string of the molecule is Cc1ccc(C(C)C)c(O)c1C(C)C.[Na]. The van der Waals surface area contributed by atoms with Crippen molar-refractivity contribution in [1.82, 2.24) is 0 Å². The predicted molar refractivity (Wildman–Crippen MR) is 66.8 cm³/mol. The molecule has 0 spiro atoms. The minimum atomic E-state index is 0. The third-order valence-corrected chi connectivity index (χ3v) is 2.67. The van der Waals surface area contributed by atoms with Crippen LogP contribution in [0.4, 0.5) is 0 Å². The van der Waals surface area contributed by atoms with Crippen molar-refractivity contribution >= 4 is 29.6 Å². The Bertz CT molecular complexity index is 330. The zero-order chi connectivity index (χ0) is 10.9. The topological polar surface area (TPSA) is 20.2 Å². The Hall–Kier alpha value is 0.0200. The number of aryl methyl sites for hydroxylation is 1. The number of hydrogen-bond acceptors (Lipinski definition) is 1.